The van der Waals surface area contributed by atoms with E-state index in [0.29, 0.717) is 11.1 Å². The van der Waals surface area contributed by atoms with Gasteiger partial charge in [0.2, 0.25) is 0 Å². The normalized spacial score (nSPS) is 12.9. The highest BCUT2D eigenvalue weighted by Crippen LogP contribution is 2.22. The maximum absolute atomic E-state index is 12.2. The number of rotatable bonds is 3. The van der Waals surface area contributed by atoms with Crippen LogP contribution in [-0.2, 0) is 0 Å². The summed E-state index contributed by atoms with van der Waals surface area (Å²) in [6.45, 7) is 2.15. The van der Waals surface area contributed by atoms with Crippen molar-refractivity contribution in [1.29, 1.82) is 0 Å². The SMILES string of the molecule is Cc1ccccc1NCN1C(=O)c2ccccc2C1=O.Cl. The fraction of sp³-hybridized carbons (Fsp3) is 0.125. The van der Waals surface area contributed by atoms with Gasteiger partial charge in [0.1, 0.15) is 0 Å². The molecule has 4 nitrogen and oxygen atoms in total. The third-order valence-electron chi connectivity index (χ3n) is 3.45. The molecule has 2 amide bonds. The third-order valence-corrected chi connectivity index (χ3v) is 3.45. The number of hydrogen-bond acceptors (Lipinski definition) is 3. The second-order valence-electron chi connectivity index (χ2n) is 4.73. The number of carbonyl (C=O) groups excluding carboxylic acids is 2. The lowest BCUT2D eigenvalue weighted by Crippen LogP contribution is -2.34. The Bertz CT molecular complexity index is 665. The van der Waals surface area contributed by atoms with Crippen LogP contribution < -0.4 is 5.32 Å². The number of anilines is 1. The van der Waals surface area contributed by atoms with Gasteiger partial charge < -0.3 is 5.32 Å². The first-order valence-corrected chi connectivity index (χ1v) is 6.43. The quantitative estimate of drug-likeness (QED) is 0.886. The molecule has 1 aliphatic heterocycles. The second kappa shape index (κ2) is 5.97. The molecule has 1 heterocycles. The van der Waals surface area contributed by atoms with E-state index in [-0.39, 0.29) is 30.9 Å². The lowest BCUT2D eigenvalue weighted by atomic mass is 10.1. The monoisotopic (exact) mass is 302 g/mol. The molecule has 2 aromatic carbocycles. The average Bonchev–Trinajstić information content (AvgIpc) is 2.71. The van der Waals surface area contributed by atoms with Gasteiger partial charge in [-0.15, -0.1) is 12.4 Å². The third kappa shape index (κ3) is 2.62. The fourth-order valence-corrected chi connectivity index (χ4v) is 2.32. The Balaban J connectivity index is 0.00000161. The van der Waals surface area contributed by atoms with Gasteiger partial charge in [0, 0.05) is 5.69 Å². The summed E-state index contributed by atoms with van der Waals surface area (Å²) < 4.78 is 0. The number of nitrogens with zero attached hydrogens (tertiary/aromatic N) is 1. The van der Waals surface area contributed by atoms with E-state index in [1.165, 1.54) is 4.90 Å². The minimum absolute atomic E-state index is 0. The first kappa shape index (κ1) is 15.1. The van der Waals surface area contributed by atoms with Crippen molar-refractivity contribution in [1.82, 2.24) is 4.90 Å². The molecular formula is C16H15ClN2O2. The highest BCUT2D eigenvalue weighted by atomic mass is 35.5. The molecule has 0 saturated heterocycles. The zero-order valence-electron chi connectivity index (χ0n) is 11.5. The van der Waals surface area contributed by atoms with Gasteiger partial charge in [0.05, 0.1) is 17.8 Å². The molecule has 0 bridgehead atoms. The number of halogens is 1. The Morgan fingerprint density at radius 2 is 1.43 bits per heavy atom. The molecule has 21 heavy (non-hydrogen) atoms. The van der Waals surface area contributed by atoms with Gasteiger partial charge >= 0.3 is 0 Å². The minimum atomic E-state index is -0.244. The molecule has 1 aliphatic rings. The van der Waals surface area contributed by atoms with E-state index in [4.69, 9.17) is 0 Å². The van der Waals surface area contributed by atoms with Crippen LogP contribution >= 0.6 is 12.4 Å². The molecule has 0 unspecified atom stereocenters. The maximum Gasteiger partial charge on any atom is 0.263 e. The summed E-state index contributed by atoms with van der Waals surface area (Å²) in [4.78, 5) is 25.6. The van der Waals surface area contributed by atoms with Gasteiger partial charge in [-0.1, -0.05) is 30.3 Å². The van der Waals surface area contributed by atoms with Crippen molar-refractivity contribution in [2.75, 3.05) is 12.0 Å². The average molecular weight is 303 g/mol. The van der Waals surface area contributed by atoms with Crippen LogP contribution in [0.15, 0.2) is 48.5 Å². The van der Waals surface area contributed by atoms with Crippen molar-refractivity contribution < 1.29 is 9.59 Å². The zero-order chi connectivity index (χ0) is 14.1. The number of imide groups is 1. The molecule has 5 heteroatoms. The van der Waals surface area contributed by atoms with Crippen LogP contribution in [0.3, 0.4) is 0 Å². The molecule has 3 rings (SSSR count). The number of fused-ring (bicyclic) bond motifs is 1. The highest BCUT2D eigenvalue weighted by Gasteiger charge is 2.34. The predicted molar refractivity (Wildman–Crippen MR) is 83.9 cm³/mol. The van der Waals surface area contributed by atoms with Crippen LogP contribution in [0.4, 0.5) is 5.69 Å². The number of aryl methyl sites for hydroxylation is 1. The van der Waals surface area contributed by atoms with Crippen LogP contribution in [0.1, 0.15) is 26.3 Å². The minimum Gasteiger partial charge on any atom is -0.367 e. The first-order chi connectivity index (χ1) is 9.68. The number of benzene rings is 2. The van der Waals surface area contributed by atoms with Gasteiger partial charge in [-0.3, -0.25) is 14.5 Å². The van der Waals surface area contributed by atoms with Gasteiger partial charge in [-0.05, 0) is 30.7 Å². The van der Waals surface area contributed by atoms with Gasteiger partial charge in [-0.2, -0.15) is 0 Å². The summed E-state index contributed by atoms with van der Waals surface area (Å²) in [5.74, 6) is -0.488. The van der Waals surface area contributed by atoms with Crippen LogP contribution in [0.5, 0.6) is 0 Å². The molecule has 108 valence electrons. The van der Waals surface area contributed by atoms with Crippen LogP contribution in [0, 0.1) is 6.92 Å². The van der Waals surface area contributed by atoms with Crippen LogP contribution in [-0.4, -0.2) is 23.4 Å². The molecule has 0 aromatic heterocycles. The topological polar surface area (TPSA) is 49.4 Å². The van der Waals surface area contributed by atoms with Gasteiger partial charge in [-0.25, -0.2) is 0 Å². The van der Waals surface area contributed by atoms with E-state index in [0.717, 1.165) is 11.3 Å². The largest absolute Gasteiger partial charge is 0.367 e. The number of hydrogen-bond donors (Lipinski definition) is 1. The van der Waals surface area contributed by atoms with E-state index >= 15 is 0 Å². The summed E-state index contributed by atoms with van der Waals surface area (Å²) in [7, 11) is 0. The Morgan fingerprint density at radius 1 is 0.905 bits per heavy atom. The zero-order valence-corrected chi connectivity index (χ0v) is 12.3. The number of amides is 2. The van der Waals surface area contributed by atoms with Crippen LogP contribution in [0.25, 0.3) is 0 Å². The van der Waals surface area contributed by atoms with E-state index < -0.39 is 0 Å². The van der Waals surface area contributed by atoms with E-state index in [1.807, 2.05) is 31.2 Å². The summed E-state index contributed by atoms with van der Waals surface area (Å²) >= 11 is 0. The molecule has 1 N–H and O–H groups in total. The lowest BCUT2D eigenvalue weighted by Gasteiger charge is -2.16. The standard InChI is InChI=1S/C16H14N2O2.ClH/c1-11-6-2-5-9-14(11)17-10-18-15(19)12-7-3-4-8-13(12)16(18)20;/h2-9,17H,10H2,1H3;1H. The predicted octanol–water partition coefficient (Wildman–Crippen LogP) is 3.08. The number of para-hydroxylation sites is 1. The smallest absolute Gasteiger partial charge is 0.263 e. The summed E-state index contributed by atoms with van der Waals surface area (Å²) in [6.07, 6.45) is 0. The molecule has 0 radical (unpaired) electrons. The van der Waals surface area contributed by atoms with Gasteiger partial charge in [0.25, 0.3) is 11.8 Å². The molecule has 0 spiro atoms. The maximum atomic E-state index is 12.2. The Kier molecular flexibility index (Phi) is 4.29. The number of nitrogens with one attached hydrogen (secondary N) is 1. The Morgan fingerprint density at radius 3 is 2.00 bits per heavy atom. The van der Waals surface area contributed by atoms with Gasteiger partial charge in [0.15, 0.2) is 0 Å². The van der Waals surface area contributed by atoms with Crippen molar-refractivity contribution in [2.24, 2.45) is 0 Å². The molecule has 2 aromatic rings. The van der Waals surface area contributed by atoms with Crippen molar-refractivity contribution in [3.8, 4) is 0 Å². The molecule has 0 aliphatic carbocycles. The van der Waals surface area contributed by atoms with Crippen molar-refractivity contribution in [3.63, 3.8) is 0 Å². The lowest BCUT2D eigenvalue weighted by molar-refractivity contribution is 0.0666. The first-order valence-electron chi connectivity index (χ1n) is 6.43. The molecule has 0 atom stereocenters. The summed E-state index contributed by atoms with van der Waals surface area (Å²) in [6, 6.07) is 14.7. The Hall–Kier alpha value is -2.33. The summed E-state index contributed by atoms with van der Waals surface area (Å²) in [5.41, 5.74) is 2.95. The van der Waals surface area contributed by atoms with E-state index in [1.54, 1.807) is 24.3 Å². The fourth-order valence-electron chi connectivity index (χ4n) is 2.32. The summed E-state index contributed by atoms with van der Waals surface area (Å²) in [5, 5.41) is 3.13. The second-order valence-corrected chi connectivity index (χ2v) is 4.73. The molecule has 0 fully saturated rings. The van der Waals surface area contributed by atoms with Crippen LogP contribution in [0.2, 0.25) is 0 Å². The van der Waals surface area contributed by atoms with E-state index in [2.05, 4.69) is 5.32 Å². The van der Waals surface area contributed by atoms with Crippen molar-refractivity contribution in [3.05, 3.63) is 65.2 Å². The molecular weight excluding hydrogens is 288 g/mol. The van der Waals surface area contributed by atoms with E-state index in [9.17, 15) is 9.59 Å². The number of carbonyl (C=O) groups is 2. The highest BCUT2D eigenvalue weighted by molar-refractivity contribution is 6.21. The molecule has 0 saturated carbocycles. The Labute approximate surface area is 129 Å². The van der Waals surface area contributed by atoms with Crippen molar-refractivity contribution in [2.45, 2.75) is 6.92 Å². The van der Waals surface area contributed by atoms with Crippen molar-refractivity contribution >= 4 is 29.9 Å².